The minimum Gasteiger partial charge on any atom is -0.274 e. The van der Waals surface area contributed by atoms with Gasteiger partial charge < -0.3 is 0 Å². The first-order valence-electron chi connectivity index (χ1n) is 14.3. The molecule has 0 unspecified atom stereocenters. The van der Waals surface area contributed by atoms with Crippen LogP contribution in [0.25, 0.3) is 0 Å². The second kappa shape index (κ2) is 20.0. The zero-order chi connectivity index (χ0) is 24.2. The Morgan fingerprint density at radius 2 is 0.727 bits per heavy atom. The summed E-state index contributed by atoms with van der Waals surface area (Å²) in [5, 5.41) is 0. The second-order valence-corrected chi connectivity index (χ2v) is 9.91. The molecule has 0 spiro atoms. The van der Waals surface area contributed by atoms with Gasteiger partial charge in [-0.25, -0.2) is 4.79 Å². The molecule has 1 aliphatic rings. The molecule has 0 aromatic rings. The van der Waals surface area contributed by atoms with Gasteiger partial charge in [-0.05, 0) is 12.8 Å². The summed E-state index contributed by atoms with van der Waals surface area (Å²) in [6, 6.07) is -0.386. The third-order valence-electron chi connectivity index (χ3n) is 6.84. The minimum absolute atomic E-state index is 0.152. The van der Waals surface area contributed by atoms with Crippen LogP contribution in [0.15, 0.2) is 0 Å². The molecule has 0 bridgehead atoms. The minimum atomic E-state index is -0.386. The van der Waals surface area contributed by atoms with E-state index in [0.717, 1.165) is 38.5 Å². The summed E-state index contributed by atoms with van der Waals surface area (Å²) in [5.74, 6) is -0.638. The van der Waals surface area contributed by atoms with Crippen molar-refractivity contribution in [2.75, 3.05) is 13.1 Å². The molecule has 0 aromatic carbocycles. The van der Waals surface area contributed by atoms with E-state index in [-0.39, 0.29) is 24.3 Å². The summed E-state index contributed by atoms with van der Waals surface area (Å²) < 4.78 is 0. The maximum Gasteiger partial charge on any atom is 0.333 e. The van der Waals surface area contributed by atoms with E-state index in [9.17, 15) is 14.4 Å². The molecular weight excluding hydrogens is 412 g/mol. The van der Waals surface area contributed by atoms with Crippen molar-refractivity contribution in [2.45, 2.75) is 149 Å². The number of barbiturate groups is 1. The van der Waals surface area contributed by atoms with Gasteiger partial charge in [0.15, 0.2) is 0 Å². The standard InChI is InChI=1S/C28H52N2O3/c1-3-5-7-9-11-13-15-17-19-21-23-29-26(31)25-27(32)30(28(29)33)24-22-20-18-16-14-12-10-8-6-4-2/h3-25H2,1-2H3. The smallest absolute Gasteiger partial charge is 0.274 e. The first-order chi connectivity index (χ1) is 16.1. The Bertz CT molecular complexity index is 491. The van der Waals surface area contributed by atoms with Crippen LogP contribution in [-0.2, 0) is 9.59 Å². The van der Waals surface area contributed by atoms with Gasteiger partial charge in [0.25, 0.3) is 0 Å². The summed E-state index contributed by atoms with van der Waals surface area (Å²) >= 11 is 0. The fourth-order valence-corrected chi connectivity index (χ4v) is 4.63. The number of rotatable bonds is 22. The molecule has 0 aromatic heterocycles. The molecule has 0 N–H and O–H groups in total. The van der Waals surface area contributed by atoms with Crippen LogP contribution < -0.4 is 0 Å². The van der Waals surface area contributed by atoms with Crippen molar-refractivity contribution in [1.29, 1.82) is 0 Å². The number of hydrogen-bond acceptors (Lipinski definition) is 3. The van der Waals surface area contributed by atoms with E-state index in [1.54, 1.807) is 0 Å². The zero-order valence-corrected chi connectivity index (χ0v) is 21.9. The van der Waals surface area contributed by atoms with Crippen molar-refractivity contribution < 1.29 is 14.4 Å². The van der Waals surface area contributed by atoms with Crippen molar-refractivity contribution in [3.05, 3.63) is 0 Å². The van der Waals surface area contributed by atoms with Crippen LogP contribution in [0.1, 0.15) is 149 Å². The molecule has 1 heterocycles. The quantitative estimate of drug-likeness (QED) is 0.120. The number of unbranched alkanes of at least 4 members (excludes halogenated alkanes) is 18. The summed E-state index contributed by atoms with van der Waals surface area (Å²) in [6.45, 7) is 5.39. The third kappa shape index (κ3) is 13.8. The van der Waals surface area contributed by atoms with Crippen LogP contribution in [0.4, 0.5) is 4.79 Å². The maximum absolute atomic E-state index is 12.7. The topological polar surface area (TPSA) is 57.7 Å². The van der Waals surface area contributed by atoms with Gasteiger partial charge in [0.1, 0.15) is 6.42 Å². The molecule has 192 valence electrons. The molecule has 5 nitrogen and oxygen atoms in total. The Hall–Kier alpha value is -1.39. The molecule has 4 amide bonds. The van der Waals surface area contributed by atoms with Crippen LogP contribution >= 0.6 is 0 Å². The summed E-state index contributed by atoms with van der Waals surface area (Å²) in [4.78, 5) is 39.9. The average molecular weight is 465 g/mol. The van der Waals surface area contributed by atoms with Crippen molar-refractivity contribution >= 4 is 17.8 Å². The Balaban J connectivity index is 2.14. The van der Waals surface area contributed by atoms with E-state index in [1.165, 1.54) is 99.7 Å². The lowest BCUT2D eigenvalue weighted by molar-refractivity contribution is -0.142. The van der Waals surface area contributed by atoms with Gasteiger partial charge in [0, 0.05) is 13.1 Å². The first-order valence-corrected chi connectivity index (χ1v) is 14.3. The highest BCUT2D eigenvalue weighted by molar-refractivity contribution is 6.14. The number of hydrogen-bond donors (Lipinski definition) is 0. The second-order valence-electron chi connectivity index (χ2n) is 9.91. The average Bonchev–Trinajstić information content (AvgIpc) is 2.80. The number of urea groups is 1. The predicted molar refractivity (Wildman–Crippen MR) is 137 cm³/mol. The number of carbonyl (C=O) groups is 3. The normalized spacial score (nSPS) is 14.5. The molecule has 1 aliphatic heterocycles. The lowest BCUT2D eigenvalue weighted by atomic mass is 10.1. The molecule has 1 saturated heterocycles. The number of carbonyl (C=O) groups excluding carboxylic acids is 3. The Labute approximate surface area is 204 Å². The number of nitrogens with zero attached hydrogens (tertiary/aromatic N) is 2. The van der Waals surface area contributed by atoms with E-state index in [2.05, 4.69) is 13.8 Å². The largest absolute Gasteiger partial charge is 0.333 e. The molecule has 0 radical (unpaired) electrons. The molecule has 1 fully saturated rings. The molecule has 5 heteroatoms. The van der Waals surface area contributed by atoms with E-state index >= 15 is 0 Å². The predicted octanol–water partition coefficient (Wildman–Crippen LogP) is 8.01. The molecule has 1 rings (SSSR count). The fraction of sp³-hybridized carbons (Fsp3) is 0.893. The monoisotopic (exact) mass is 464 g/mol. The highest BCUT2D eigenvalue weighted by atomic mass is 16.2. The molecule has 0 atom stereocenters. The SMILES string of the molecule is CCCCCCCCCCCCN1C(=O)CC(=O)N(CCCCCCCCCCCC)C1=O. The van der Waals surface area contributed by atoms with Gasteiger partial charge in [0.2, 0.25) is 11.8 Å². The number of imide groups is 2. The third-order valence-corrected chi connectivity index (χ3v) is 6.84. The zero-order valence-electron chi connectivity index (χ0n) is 21.9. The van der Waals surface area contributed by atoms with Crippen LogP contribution in [0.3, 0.4) is 0 Å². The van der Waals surface area contributed by atoms with E-state index < -0.39 is 0 Å². The number of amides is 4. The van der Waals surface area contributed by atoms with Gasteiger partial charge in [-0.2, -0.15) is 0 Å². The highest BCUT2D eigenvalue weighted by Gasteiger charge is 2.36. The fourth-order valence-electron chi connectivity index (χ4n) is 4.63. The Kier molecular flexibility index (Phi) is 18.0. The van der Waals surface area contributed by atoms with Crippen LogP contribution in [-0.4, -0.2) is 40.7 Å². The van der Waals surface area contributed by atoms with Crippen LogP contribution in [0, 0.1) is 0 Å². The van der Waals surface area contributed by atoms with Crippen LogP contribution in [0.2, 0.25) is 0 Å². The van der Waals surface area contributed by atoms with Crippen molar-refractivity contribution in [3.63, 3.8) is 0 Å². The summed E-state index contributed by atoms with van der Waals surface area (Å²) in [5.41, 5.74) is 0. The molecule has 0 saturated carbocycles. The molecule has 0 aliphatic carbocycles. The van der Waals surface area contributed by atoms with Gasteiger partial charge in [0.05, 0.1) is 0 Å². The summed E-state index contributed by atoms with van der Waals surface area (Å²) in [7, 11) is 0. The summed E-state index contributed by atoms with van der Waals surface area (Å²) in [6.07, 6.45) is 24.2. The lowest BCUT2D eigenvalue weighted by Gasteiger charge is -2.32. The lowest BCUT2D eigenvalue weighted by Crippen LogP contribution is -2.55. The van der Waals surface area contributed by atoms with Crippen molar-refractivity contribution in [1.82, 2.24) is 9.80 Å². The van der Waals surface area contributed by atoms with E-state index in [0.29, 0.717) is 13.1 Å². The van der Waals surface area contributed by atoms with Gasteiger partial charge in [-0.1, -0.05) is 129 Å². The Morgan fingerprint density at radius 1 is 0.455 bits per heavy atom. The van der Waals surface area contributed by atoms with Gasteiger partial charge in [-0.15, -0.1) is 0 Å². The van der Waals surface area contributed by atoms with E-state index in [1.807, 2.05) is 0 Å². The Morgan fingerprint density at radius 3 is 1.03 bits per heavy atom. The molecule has 33 heavy (non-hydrogen) atoms. The van der Waals surface area contributed by atoms with Crippen molar-refractivity contribution in [3.8, 4) is 0 Å². The van der Waals surface area contributed by atoms with Crippen LogP contribution in [0.5, 0.6) is 0 Å². The highest BCUT2D eigenvalue weighted by Crippen LogP contribution is 2.17. The maximum atomic E-state index is 12.7. The molecular formula is C28H52N2O3. The van der Waals surface area contributed by atoms with Gasteiger partial charge in [-0.3, -0.25) is 19.4 Å². The first kappa shape index (κ1) is 29.6. The van der Waals surface area contributed by atoms with E-state index in [4.69, 9.17) is 0 Å². The van der Waals surface area contributed by atoms with Gasteiger partial charge >= 0.3 is 6.03 Å². The van der Waals surface area contributed by atoms with Crippen molar-refractivity contribution in [2.24, 2.45) is 0 Å².